The molecule has 0 aliphatic carbocycles. The van der Waals surface area contributed by atoms with Crippen LogP contribution in [0.25, 0.3) is 11.0 Å². The summed E-state index contributed by atoms with van der Waals surface area (Å²) < 4.78 is 7.97. The smallest absolute Gasteiger partial charge is 0.276 e. The molecule has 1 aromatic carbocycles. The number of aromatic nitrogens is 2. The number of nitrogens with zero attached hydrogens (tertiary/aromatic N) is 4. The van der Waals surface area contributed by atoms with Crippen molar-refractivity contribution in [2.45, 2.75) is 45.3 Å². The minimum Gasteiger partial charge on any atom is -0.489 e. The van der Waals surface area contributed by atoms with Crippen molar-refractivity contribution in [3.05, 3.63) is 42.5 Å². The molecule has 0 bridgehead atoms. The first-order chi connectivity index (χ1) is 16.3. The zero-order valence-corrected chi connectivity index (χ0v) is 19.7. The number of hydrogen-bond donors (Lipinski definition) is 3. The SMILES string of the molecule is C=CC(=O)N1CCCC[C@@H](n2c(N(N)C(=O)/C(C=N)=C/CN)nc3cccc(OC(C)C)c32)C1. The van der Waals surface area contributed by atoms with Gasteiger partial charge in [0, 0.05) is 25.8 Å². The minimum atomic E-state index is -0.601. The number of para-hydroxylation sites is 1. The van der Waals surface area contributed by atoms with Crippen LogP contribution >= 0.6 is 0 Å². The number of carbonyl (C=O) groups is 2. The first-order valence-corrected chi connectivity index (χ1v) is 11.4. The predicted molar refractivity (Wildman–Crippen MR) is 133 cm³/mol. The molecule has 1 aliphatic rings. The fraction of sp³-hybridized carbons (Fsp3) is 0.417. The monoisotopic (exact) mass is 467 g/mol. The largest absolute Gasteiger partial charge is 0.489 e. The van der Waals surface area contributed by atoms with E-state index in [1.54, 1.807) is 4.90 Å². The van der Waals surface area contributed by atoms with Gasteiger partial charge < -0.3 is 25.3 Å². The third-order valence-corrected chi connectivity index (χ3v) is 5.69. The maximum Gasteiger partial charge on any atom is 0.276 e. The second-order valence-corrected chi connectivity index (χ2v) is 8.42. The minimum absolute atomic E-state index is 0.0617. The lowest BCUT2D eigenvalue weighted by molar-refractivity contribution is -0.126. The molecule has 2 amide bonds. The summed E-state index contributed by atoms with van der Waals surface area (Å²) in [5.74, 6) is 6.38. The first kappa shape index (κ1) is 25.1. The molecule has 0 saturated carbocycles. The number of carbonyl (C=O) groups excluding carboxylic acids is 2. The maximum absolute atomic E-state index is 13.1. The molecule has 1 aromatic heterocycles. The number of hydrazine groups is 1. The number of amides is 2. The van der Waals surface area contributed by atoms with E-state index >= 15 is 0 Å². The fourth-order valence-electron chi connectivity index (χ4n) is 4.19. The molecule has 5 N–H and O–H groups in total. The Morgan fingerprint density at radius 3 is 2.79 bits per heavy atom. The van der Waals surface area contributed by atoms with Gasteiger partial charge in [-0.2, -0.15) is 0 Å². The summed E-state index contributed by atoms with van der Waals surface area (Å²) in [6.07, 6.45) is 6.09. The predicted octanol–water partition coefficient (Wildman–Crippen LogP) is 2.30. The van der Waals surface area contributed by atoms with Gasteiger partial charge in [0.25, 0.3) is 5.91 Å². The molecule has 1 fully saturated rings. The van der Waals surface area contributed by atoms with Crippen molar-refractivity contribution in [1.82, 2.24) is 14.5 Å². The molecule has 0 radical (unpaired) electrons. The summed E-state index contributed by atoms with van der Waals surface area (Å²) in [6.45, 7) is 8.62. The summed E-state index contributed by atoms with van der Waals surface area (Å²) in [7, 11) is 0. The zero-order chi connectivity index (χ0) is 24.8. The van der Waals surface area contributed by atoms with E-state index < -0.39 is 5.91 Å². The van der Waals surface area contributed by atoms with Crippen LogP contribution in [0.4, 0.5) is 5.95 Å². The highest BCUT2D eigenvalue weighted by atomic mass is 16.5. The standard InChI is InChI=1S/C24H33N7O3/c1-4-21(32)29-13-6-5-8-18(15-29)30-22-19(9-7-10-20(22)34-16(2)3)28-24(30)31(27)23(33)17(14-26)11-12-25/h4,7,9-11,14,16,18,26H,1,5-6,8,12-13,15,25,27H2,2-3H3/b17-11+,26-14?/t18-/m1/s1. The van der Waals surface area contributed by atoms with Crippen LogP contribution in [0.2, 0.25) is 0 Å². The number of hydrogen-bond acceptors (Lipinski definition) is 7. The van der Waals surface area contributed by atoms with Crippen LogP contribution < -0.4 is 21.3 Å². The molecular weight excluding hydrogens is 434 g/mol. The number of fused-ring (bicyclic) bond motifs is 1. The second-order valence-electron chi connectivity index (χ2n) is 8.42. The maximum atomic E-state index is 13.1. The summed E-state index contributed by atoms with van der Waals surface area (Å²) in [6, 6.07) is 5.32. The van der Waals surface area contributed by atoms with Gasteiger partial charge in [0.05, 0.1) is 23.2 Å². The average molecular weight is 468 g/mol. The van der Waals surface area contributed by atoms with E-state index in [2.05, 4.69) is 11.6 Å². The summed E-state index contributed by atoms with van der Waals surface area (Å²) >= 11 is 0. The van der Waals surface area contributed by atoms with Crippen LogP contribution in [0.3, 0.4) is 0 Å². The van der Waals surface area contributed by atoms with Gasteiger partial charge in [-0.1, -0.05) is 18.7 Å². The molecule has 10 nitrogen and oxygen atoms in total. The molecule has 0 unspecified atom stereocenters. The molecule has 2 heterocycles. The number of imidazole rings is 1. The van der Waals surface area contributed by atoms with Gasteiger partial charge in [-0.15, -0.1) is 0 Å². The molecule has 0 spiro atoms. The van der Waals surface area contributed by atoms with E-state index in [1.807, 2.05) is 36.6 Å². The molecule has 1 saturated heterocycles. The van der Waals surface area contributed by atoms with E-state index in [0.29, 0.717) is 29.9 Å². The van der Waals surface area contributed by atoms with Crippen molar-refractivity contribution in [2.75, 3.05) is 24.6 Å². The Morgan fingerprint density at radius 1 is 1.38 bits per heavy atom. The molecule has 10 heteroatoms. The Morgan fingerprint density at radius 2 is 2.15 bits per heavy atom. The van der Waals surface area contributed by atoms with Crippen LogP contribution in [-0.2, 0) is 9.59 Å². The number of ether oxygens (including phenoxy) is 1. The van der Waals surface area contributed by atoms with Gasteiger partial charge in [-0.05, 0) is 51.3 Å². The molecular formula is C24H33N7O3. The molecule has 182 valence electrons. The zero-order valence-electron chi connectivity index (χ0n) is 19.7. The Balaban J connectivity index is 2.20. The van der Waals surface area contributed by atoms with Crippen molar-refractivity contribution in [2.24, 2.45) is 11.6 Å². The van der Waals surface area contributed by atoms with E-state index in [9.17, 15) is 9.59 Å². The van der Waals surface area contributed by atoms with Crippen molar-refractivity contribution < 1.29 is 14.3 Å². The number of nitrogens with two attached hydrogens (primary N) is 2. The number of likely N-dealkylation sites (tertiary alicyclic amines) is 1. The van der Waals surface area contributed by atoms with Crippen molar-refractivity contribution in [3.8, 4) is 5.75 Å². The Bertz CT molecular complexity index is 1110. The van der Waals surface area contributed by atoms with Crippen LogP contribution in [-0.4, -0.2) is 58.2 Å². The molecule has 1 atom stereocenters. The van der Waals surface area contributed by atoms with Crippen molar-refractivity contribution >= 4 is 35.0 Å². The van der Waals surface area contributed by atoms with Gasteiger partial charge in [0.15, 0.2) is 0 Å². The number of nitrogens with one attached hydrogen (secondary N) is 1. The van der Waals surface area contributed by atoms with Crippen molar-refractivity contribution in [1.29, 1.82) is 5.41 Å². The van der Waals surface area contributed by atoms with E-state index in [0.717, 1.165) is 30.5 Å². The van der Waals surface area contributed by atoms with E-state index in [-0.39, 0.29) is 36.1 Å². The lowest BCUT2D eigenvalue weighted by atomic mass is 10.1. The summed E-state index contributed by atoms with van der Waals surface area (Å²) in [5, 5.41) is 8.53. The van der Waals surface area contributed by atoms with Gasteiger partial charge in [-0.3, -0.25) is 9.59 Å². The molecule has 1 aliphatic heterocycles. The highest BCUT2D eigenvalue weighted by molar-refractivity contribution is 6.17. The summed E-state index contributed by atoms with van der Waals surface area (Å²) in [5.41, 5.74) is 6.93. The highest BCUT2D eigenvalue weighted by Gasteiger charge is 2.30. The van der Waals surface area contributed by atoms with E-state index in [1.165, 1.54) is 12.2 Å². The van der Waals surface area contributed by atoms with Gasteiger partial charge >= 0.3 is 0 Å². The van der Waals surface area contributed by atoms with Gasteiger partial charge in [-0.25, -0.2) is 15.8 Å². The normalized spacial score (nSPS) is 16.9. The topological polar surface area (TPSA) is 144 Å². The third kappa shape index (κ3) is 5.18. The van der Waals surface area contributed by atoms with E-state index in [4.69, 9.17) is 21.7 Å². The van der Waals surface area contributed by atoms with Crippen molar-refractivity contribution in [3.63, 3.8) is 0 Å². The lowest BCUT2D eigenvalue weighted by Crippen LogP contribution is -2.42. The lowest BCUT2D eigenvalue weighted by Gasteiger charge is -2.28. The van der Waals surface area contributed by atoms with Crippen LogP contribution in [0.1, 0.15) is 39.2 Å². The van der Waals surface area contributed by atoms with Crippen LogP contribution in [0.5, 0.6) is 5.75 Å². The number of rotatable bonds is 8. The Hall–Kier alpha value is -3.50. The number of anilines is 1. The third-order valence-electron chi connectivity index (χ3n) is 5.69. The van der Waals surface area contributed by atoms with Crippen LogP contribution in [0, 0.1) is 5.41 Å². The van der Waals surface area contributed by atoms with Gasteiger partial charge in [0.1, 0.15) is 11.3 Å². The fourth-order valence-corrected chi connectivity index (χ4v) is 4.19. The second kappa shape index (κ2) is 11.1. The first-order valence-electron chi connectivity index (χ1n) is 11.4. The summed E-state index contributed by atoms with van der Waals surface area (Å²) in [4.78, 5) is 32.0. The van der Waals surface area contributed by atoms with Gasteiger partial charge in [0.2, 0.25) is 11.9 Å². The average Bonchev–Trinajstić information content (AvgIpc) is 3.05. The highest BCUT2D eigenvalue weighted by Crippen LogP contribution is 2.36. The van der Waals surface area contributed by atoms with Crippen LogP contribution in [0.15, 0.2) is 42.5 Å². The molecule has 3 rings (SSSR count). The Labute approximate surface area is 199 Å². The Kier molecular flexibility index (Phi) is 8.19. The molecule has 2 aromatic rings. The quantitative estimate of drug-likeness (QED) is 0.179. The molecule has 34 heavy (non-hydrogen) atoms. The number of benzene rings is 1.